The highest BCUT2D eigenvalue weighted by Gasteiger charge is 2.38. The molecule has 2 amide bonds. The Hall–Kier alpha value is -1.62. The second kappa shape index (κ2) is 3.40. The third-order valence-corrected chi connectivity index (χ3v) is 1.51. The van der Waals surface area contributed by atoms with Crippen molar-refractivity contribution in [3.63, 3.8) is 0 Å². The van der Waals surface area contributed by atoms with Crippen LogP contribution in [0.4, 0.5) is 0 Å². The van der Waals surface area contributed by atoms with Crippen LogP contribution in [0.5, 0.6) is 0 Å². The average Bonchev–Trinajstić information content (AvgIpc) is 2.01. The van der Waals surface area contributed by atoms with Crippen molar-refractivity contribution in [2.24, 2.45) is 0 Å². The van der Waals surface area contributed by atoms with E-state index in [-0.39, 0.29) is 0 Å². The first-order valence-corrected chi connectivity index (χ1v) is 3.40. The van der Waals surface area contributed by atoms with Crippen molar-refractivity contribution in [3.8, 4) is 0 Å². The summed E-state index contributed by atoms with van der Waals surface area (Å²) in [6, 6.07) is 0. The van der Waals surface area contributed by atoms with E-state index in [2.05, 4.69) is 13.2 Å². The summed E-state index contributed by atoms with van der Waals surface area (Å²) in [4.78, 5) is 22.3. The first kappa shape index (κ1) is 11.4. The van der Waals surface area contributed by atoms with Gasteiger partial charge in [-0.1, -0.05) is 0 Å². The average molecular weight is 186 g/mol. The molecule has 0 fully saturated rings. The molecule has 5 heteroatoms. The Kier molecular flexibility index (Phi) is 2.98. The summed E-state index contributed by atoms with van der Waals surface area (Å²) < 4.78 is -0.843. The van der Waals surface area contributed by atoms with Crippen LogP contribution in [0.1, 0.15) is 0 Å². The van der Waals surface area contributed by atoms with Gasteiger partial charge in [-0.15, -0.1) is 0 Å². The van der Waals surface area contributed by atoms with E-state index in [1.807, 2.05) is 0 Å². The number of carbonyl (C=O) groups excluding carboxylic acids is 2. The molecule has 0 saturated heterocycles. The quantitative estimate of drug-likeness (QED) is 0.368. The number of carbonyl (C=O) groups is 2. The second-order valence-electron chi connectivity index (χ2n) is 2.96. The molecule has 0 heterocycles. The highest BCUT2D eigenvalue weighted by atomic mass is 16.3. The van der Waals surface area contributed by atoms with Crippen LogP contribution in [0.2, 0.25) is 0 Å². The monoisotopic (exact) mass is 186 g/mol. The Morgan fingerprint density at radius 1 is 1.00 bits per heavy atom. The van der Waals surface area contributed by atoms with Gasteiger partial charge in [-0.2, -0.15) is 4.48 Å². The van der Waals surface area contributed by atoms with E-state index in [1.54, 1.807) is 0 Å². The van der Waals surface area contributed by atoms with Crippen molar-refractivity contribution in [2.45, 2.75) is 0 Å². The van der Waals surface area contributed by atoms with Gasteiger partial charge in [0, 0.05) is 0 Å². The molecule has 5 nitrogen and oxygen atoms in total. The van der Waals surface area contributed by atoms with Crippen molar-refractivity contribution in [3.05, 3.63) is 24.7 Å². The first-order valence-electron chi connectivity index (χ1n) is 3.40. The maximum absolute atomic E-state index is 11.2. The fourth-order valence-electron chi connectivity index (χ4n) is 0.738. The fraction of sp³-hybridized carbons (Fsp3) is 0.250. The third-order valence-electron chi connectivity index (χ3n) is 1.51. The van der Waals surface area contributed by atoms with Crippen LogP contribution in [0, 0.1) is 0 Å². The number of nitrogens with zero attached hydrogens (tertiary/aromatic N) is 1. The lowest BCUT2D eigenvalue weighted by Crippen LogP contribution is -2.51. The van der Waals surface area contributed by atoms with Gasteiger partial charge in [-0.3, -0.25) is 0 Å². The number of imide groups is 1. The van der Waals surface area contributed by atoms with Crippen molar-refractivity contribution < 1.29 is 24.3 Å². The van der Waals surface area contributed by atoms with Crippen LogP contribution in [0.25, 0.3) is 0 Å². The number of likely N-dealkylation sites (N-methyl/N-ethyl adjacent to an activating group) is 1. The van der Waals surface area contributed by atoms with E-state index in [9.17, 15) is 9.59 Å². The van der Waals surface area contributed by atoms with E-state index in [4.69, 9.17) is 10.2 Å². The molecule has 2 N–H and O–H groups in total. The third kappa shape index (κ3) is 2.16. The van der Waals surface area contributed by atoms with E-state index >= 15 is 0 Å². The molecule has 0 rings (SSSR count). The Morgan fingerprint density at radius 3 is 1.38 bits per heavy atom. The second-order valence-corrected chi connectivity index (χ2v) is 2.96. The molecule has 0 aromatic carbocycles. The summed E-state index contributed by atoms with van der Waals surface area (Å²) in [5, 5.41) is 17.5. The number of hydrogen-bond donors (Lipinski definition) is 2. The zero-order valence-corrected chi connectivity index (χ0v) is 7.57. The zero-order valence-electron chi connectivity index (χ0n) is 7.57. The summed E-state index contributed by atoms with van der Waals surface area (Å²) in [6.45, 7) is 5.98. The normalized spacial score (nSPS) is 10.6. The van der Waals surface area contributed by atoms with Crippen molar-refractivity contribution in [1.29, 1.82) is 0 Å². The molecule has 0 aromatic heterocycles. The summed E-state index contributed by atoms with van der Waals surface area (Å²) in [7, 11) is 2.43. The van der Waals surface area contributed by atoms with E-state index in [0.29, 0.717) is 0 Å². The van der Waals surface area contributed by atoms with Gasteiger partial charge in [0.05, 0.1) is 14.1 Å². The molecule has 72 valence electrons. The molecule has 13 heavy (non-hydrogen) atoms. The number of aliphatic hydroxyl groups excluding tert-OH is 2. The van der Waals surface area contributed by atoms with Crippen LogP contribution in [0.15, 0.2) is 24.7 Å². The van der Waals surface area contributed by atoms with Gasteiger partial charge in [0.15, 0.2) is 0 Å². The predicted molar refractivity (Wildman–Crippen MR) is 45.7 cm³/mol. The molecule has 0 unspecified atom stereocenters. The highest BCUT2D eigenvalue weighted by molar-refractivity contribution is 5.97. The van der Waals surface area contributed by atoms with Crippen LogP contribution in [-0.2, 0) is 9.59 Å². The first-order chi connectivity index (χ1) is 5.71. The predicted octanol–water partition coefficient (Wildman–Crippen LogP) is 0.259. The minimum atomic E-state index is -0.889. The van der Waals surface area contributed by atoms with Gasteiger partial charge in [-0.25, -0.2) is 9.59 Å². The van der Waals surface area contributed by atoms with Gasteiger partial charge in [0.2, 0.25) is 11.5 Å². The number of hydrogen-bond acceptors (Lipinski definition) is 4. The van der Waals surface area contributed by atoms with Gasteiger partial charge in [-0.05, 0) is 13.2 Å². The summed E-state index contributed by atoms with van der Waals surface area (Å²) in [5.74, 6) is -3.25. The summed E-state index contributed by atoms with van der Waals surface area (Å²) in [6.07, 6.45) is 0. The Morgan fingerprint density at radius 2 is 1.23 bits per heavy atom. The van der Waals surface area contributed by atoms with Crippen LogP contribution >= 0.6 is 0 Å². The Labute approximate surface area is 75.8 Å². The molecule has 0 aliphatic heterocycles. The number of quaternary nitrogens is 1. The van der Waals surface area contributed by atoms with Gasteiger partial charge < -0.3 is 10.2 Å². The SMILES string of the molecule is C=C(O)C(=O)[N+](C)(C)C(=O)C(=C)O. The van der Waals surface area contributed by atoms with E-state index < -0.39 is 27.8 Å². The van der Waals surface area contributed by atoms with E-state index in [0.717, 1.165) is 0 Å². The number of amides is 2. The minimum Gasteiger partial charge on any atom is -0.501 e. The molecule has 0 radical (unpaired) electrons. The molecule has 0 aliphatic carbocycles. The van der Waals surface area contributed by atoms with Crippen molar-refractivity contribution >= 4 is 11.8 Å². The lowest BCUT2D eigenvalue weighted by molar-refractivity contribution is -0.732. The Bertz CT molecular complexity index is 263. The molecular weight excluding hydrogens is 174 g/mol. The van der Waals surface area contributed by atoms with Crippen LogP contribution < -0.4 is 0 Å². The van der Waals surface area contributed by atoms with E-state index in [1.165, 1.54) is 14.1 Å². The van der Waals surface area contributed by atoms with Crippen LogP contribution in [-0.4, -0.2) is 40.6 Å². The lowest BCUT2D eigenvalue weighted by Gasteiger charge is -2.21. The molecule has 0 aromatic rings. The van der Waals surface area contributed by atoms with Crippen molar-refractivity contribution in [1.82, 2.24) is 0 Å². The Balaban J connectivity index is 4.97. The minimum absolute atomic E-state index is 0.736. The molecular formula is C8H12NO4+. The zero-order chi connectivity index (χ0) is 10.8. The lowest BCUT2D eigenvalue weighted by atomic mass is 10.3. The fourth-order valence-corrected chi connectivity index (χ4v) is 0.738. The molecule has 0 spiro atoms. The maximum Gasteiger partial charge on any atom is 0.387 e. The summed E-state index contributed by atoms with van der Waals surface area (Å²) >= 11 is 0. The van der Waals surface area contributed by atoms with Crippen molar-refractivity contribution in [2.75, 3.05) is 14.1 Å². The number of rotatable bonds is 2. The maximum atomic E-state index is 11.2. The molecule has 0 saturated carbocycles. The number of aliphatic hydroxyl groups is 2. The van der Waals surface area contributed by atoms with Gasteiger partial charge >= 0.3 is 11.8 Å². The molecule has 0 atom stereocenters. The molecule has 0 aliphatic rings. The standard InChI is InChI=1S/C8H11NO4/c1-5(10)7(12)9(3,4)8(13)6(2)11/h1-2H2,3-4H3,(H-,10,11)/p+1. The topological polar surface area (TPSA) is 74.6 Å². The van der Waals surface area contributed by atoms with Gasteiger partial charge in [0.25, 0.3) is 0 Å². The summed E-state index contributed by atoms with van der Waals surface area (Å²) in [5.41, 5.74) is 0. The largest absolute Gasteiger partial charge is 0.501 e. The van der Waals surface area contributed by atoms with Crippen LogP contribution in [0.3, 0.4) is 0 Å². The highest BCUT2D eigenvalue weighted by Crippen LogP contribution is 2.08. The smallest absolute Gasteiger partial charge is 0.387 e. The molecule has 0 bridgehead atoms. The van der Waals surface area contributed by atoms with Gasteiger partial charge in [0.1, 0.15) is 0 Å².